The van der Waals surface area contributed by atoms with Crippen LogP contribution in [0.5, 0.6) is 0 Å². The maximum Gasteiger partial charge on any atom is 0.394 e. The smallest absolute Gasteiger partial charge is 0.370 e. The van der Waals surface area contributed by atoms with Crippen LogP contribution in [0.2, 0.25) is 0 Å². The number of nitrogens with two attached hydrogens (primary N) is 1. The molecule has 5 N–H and O–H groups in total. The van der Waals surface area contributed by atoms with Crippen LogP contribution in [-0.2, 0) is 10.4 Å². The fourth-order valence-corrected chi connectivity index (χ4v) is 0.719. The van der Waals surface area contributed by atoms with Crippen LogP contribution >= 0.6 is 0 Å². The summed E-state index contributed by atoms with van der Waals surface area (Å²) in [4.78, 5) is 1.83. The van der Waals surface area contributed by atoms with Gasteiger partial charge in [0.1, 0.15) is 0 Å². The Labute approximate surface area is 84.0 Å². The molecule has 0 radical (unpaired) electrons. The Kier molecular flexibility index (Phi) is 8.40. The highest BCUT2D eigenvalue weighted by Crippen LogP contribution is 1.87. The second-order valence-electron chi connectivity index (χ2n) is 2.41. The molecule has 0 spiro atoms. The topological polar surface area (TPSA) is 128 Å². The lowest BCUT2D eigenvalue weighted by molar-refractivity contribution is 0.381. The van der Waals surface area contributed by atoms with Gasteiger partial charge in [-0.2, -0.15) is 8.42 Å². The molecule has 0 bridgehead atoms. The van der Waals surface area contributed by atoms with E-state index in [0.717, 1.165) is 19.5 Å². The lowest BCUT2D eigenvalue weighted by atomic mass is 10.4. The van der Waals surface area contributed by atoms with E-state index in [1.807, 2.05) is 11.8 Å². The molecular weight excluding hydrogens is 210 g/mol. The molecule has 0 aliphatic rings. The number of hydrogen-bond acceptors (Lipinski definition) is 3. The van der Waals surface area contributed by atoms with Crippen molar-refractivity contribution < 1.29 is 17.5 Å². The van der Waals surface area contributed by atoms with Crippen molar-refractivity contribution in [3.05, 3.63) is 0 Å². The Morgan fingerprint density at radius 3 is 1.86 bits per heavy atom. The second-order valence-corrected chi connectivity index (χ2v) is 3.31. The maximum atomic E-state index is 8.74. The number of rotatable bonds is 3. The first kappa shape index (κ1) is 15.6. The fourth-order valence-electron chi connectivity index (χ4n) is 0.719. The Balaban J connectivity index is 0. The van der Waals surface area contributed by atoms with Crippen LogP contribution in [-0.4, -0.2) is 41.5 Å². The van der Waals surface area contributed by atoms with Crippen molar-refractivity contribution in [2.75, 3.05) is 13.1 Å². The minimum atomic E-state index is -4.67. The highest BCUT2D eigenvalue weighted by Gasteiger charge is 1.98. The van der Waals surface area contributed by atoms with Crippen molar-refractivity contribution in [1.82, 2.24) is 4.90 Å². The van der Waals surface area contributed by atoms with Crippen LogP contribution in [0.3, 0.4) is 0 Å². The Bertz CT molecular complexity index is 244. The summed E-state index contributed by atoms with van der Waals surface area (Å²) >= 11 is 0. The molecule has 0 rings (SSSR count). The summed E-state index contributed by atoms with van der Waals surface area (Å²) in [5, 5.41) is 7.06. The van der Waals surface area contributed by atoms with Gasteiger partial charge >= 0.3 is 10.4 Å². The molecule has 0 atom stereocenters. The molecule has 0 aliphatic carbocycles. The first-order valence-corrected chi connectivity index (χ1v) is 5.40. The minimum absolute atomic E-state index is 0.180. The summed E-state index contributed by atoms with van der Waals surface area (Å²) in [6.07, 6.45) is 1.05. The highest BCUT2D eigenvalue weighted by molar-refractivity contribution is 7.79. The van der Waals surface area contributed by atoms with Gasteiger partial charge in [-0.1, -0.05) is 6.92 Å². The average Bonchev–Trinajstić information content (AvgIpc) is 1.96. The molecule has 0 fully saturated rings. The fraction of sp³-hybridized carbons (Fsp3) is 0.833. The zero-order chi connectivity index (χ0) is 11.8. The monoisotopic (exact) mass is 227 g/mol. The molecule has 14 heavy (non-hydrogen) atoms. The van der Waals surface area contributed by atoms with E-state index in [9.17, 15) is 0 Å². The van der Waals surface area contributed by atoms with Crippen molar-refractivity contribution in [1.29, 1.82) is 5.41 Å². The van der Waals surface area contributed by atoms with E-state index in [2.05, 4.69) is 6.92 Å². The molecule has 0 aromatic heterocycles. The van der Waals surface area contributed by atoms with E-state index in [1.54, 1.807) is 0 Å². The van der Waals surface area contributed by atoms with Crippen LogP contribution < -0.4 is 5.73 Å². The predicted molar refractivity (Wildman–Crippen MR) is 53.6 cm³/mol. The van der Waals surface area contributed by atoms with E-state index in [4.69, 9.17) is 28.7 Å². The summed E-state index contributed by atoms with van der Waals surface area (Å²) in [5.74, 6) is 0.180. The van der Waals surface area contributed by atoms with Crippen molar-refractivity contribution >= 4 is 16.4 Å². The minimum Gasteiger partial charge on any atom is -0.370 e. The normalized spacial score (nSPS) is 10.0. The number of guanidine groups is 1. The van der Waals surface area contributed by atoms with Gasteiger partial charge in [0.25, 0.3) is 0 Å². The van der Waals surface area contributed by atoms with Crippen LogP contribution in [0.25, 0.3) is 0 Å². The molecule has 0 aromatic carbocycles. The zero-order valence-electron chi connectivity index (χ0n) is 8.27. The number of nitrogens with zero attached hydrogens (tertiary/aromatic N) is 1. The average molecular weight is 227 g/mol. The summed E-state index contributed by atoms with van der Waals surface area (Å²) in [6, 6.07) is 0. The van der Waals surface area contributed by atoms with Gasteiger partial charge in [-0.15, -0.1) is 0 Å². The Morgan fingerprint density at radius 1 is 1.43 bits per heavy atom. The van der Waals surface area contributed by atoms with Crippen molar-refractivity contribution in [3.8, 4) is 0 Å². The van der Waals surface area contributed by atoms with E-state index < -0.39 is 10.4 Å². The lowest BCUT2D eigenvalue weighted by Crippen LogP contribution is -2.36. The molecule has 0 saturated carbocycles. The Hall–Kier alpha value is -0.860. The van der Waals surface area contributed by atoms with Gasteiger partial charge in [-0.3, -0.25) is 14.5 Å². The molecule has 0 unspecified atom stereocenters. The van der Waals surface area contributed by atoms with Crippen LogP contribution in [0.1, 0.15) is 20.3 Å². The van der Waals surface area contributed by atoms with Gasteiger partial charge in [0.2, 0.25) is 0 Å². The van der Waals surface area contributed by atoms with Gasteiger partial charge in [0.05, 0.1) is 0 Å². The number of nitrogens with one attached hydrogen (secondary N) is 1. The van der Waals surface area contributed by atoms with Gasteiger partial charge in [0, 0.05) is 13.1 Å². The van der Waals surface area contributed by atoms with Gasteiger partial charge in [-0.25, -0.2) is 0 Å². The van der Waals surface area contributed by atoms with Crippen molar-refractivity contribution in [3.63, 3.8) is 0 Å². The largest absolute Gasteiger partial charge is 0.394 e. The first-order chi connectivity index (χ1) is 6.22. The molecule has 0 aliphatic heterocycles. The van der Waals surface area contributed by atoms with Crippen molar-refractivity contribution in [2.24, 2.45) is 5.73 Å². The van der Waals surface area contributed by atoms with E-state index in [0.29, 0.717) is 0 Å². The molecule has 0 heterocycles. The zero-order valence-corrected chi connectivity index (χ0v) is 9.08. The van der Waals surface area contributed by atoms with Gasteiger partial charge in [-0.05, 0) is 13.3 Å². The third-order valence-corrected chi connectivity index (χ3v) is 1.22. The van der Waals surface area contributed by atoms with Crippen LogP contribution in [0.4, 0.5) is 0 Å². The van der Waals surface area contributed by atoms with Gasteiger partial charge in [0.15, 0.2) is 5.96 Å². The van der Waals surface area contributed by atoms with Crippen molar-refractivity contribution in [2.45, 2.75) is 20.3 Å². The SMILES string of the molecule is CCCN(CC)C(=N)N.O=S(=O)(O)O. The second kappa shape index (κ2) is 7.54. The molecular formula is C6H17N3O4S. The van der Waals surface area contributed by atoms with Gasteiger partial charge < -0.3 is 10.6 Å². The molecule has 86 valence electrons. The van der Waals surface area contributed by atoms with E-state index >= 15 is 0 Å². The lowest BCUT2D eigenvalue weighted by Gasteiger charge is -2.18. The molecule has 8 heteroatoms. The van der Waals surface area contributed by atoms with E-state index in [-0.39, 0.29) is 5.96 Å². The maximum absolute atomic E-state index is 8.74. The Morgan fingerprint density at radius 2 is 1.79 bits per heavy atom. The van der Waals surface area contributed by atoms with Crippen LogP contribution in [0, 0.1) is 5.41 Å². The third-order valence-electron chi connectivity index (χ3n) is 1.22. The summed E-state index contributed by atoms with van der Waals surface area (Å²) in [7, 11) is -4.67. The third kappa shape index (κ3) is 17.3. The molecule has 0 aromatic rings. The summed E-state index contributed by atoms with van der Waals surface area (Å²) < 4.78 is 31.6. The molecule has 7 nitrogen and oxygen atoms in total. The summed E-state index contributed by atoms with van der Waals surface area (Å²) in [6.45, 7) is 5.80. The van der Waals surface area contributed by atoms with Crippen LogP contribution in [0.15, 0.2) is 0 Å². The predicted octanol–water partition coefficient (Wildman–Crippen LogP) is -0.0410. The molecule has 0 amide bonds. The quantitative estimate of drug-likeness (QED) is 0.304. The first-order valence-electron chi connectivity index (χ1n) is 4.01. The summed E-state index contributed by atoms with van der Waals surface area (Å²) in [5.41, 5.74) is 5.24. The van der Waals surface area contributed by atoms with E-state index in [1.165, 1.54) is 0 Å². The molecule has 0 saturated heterocycles. The standard InChI is InChI=1S/C6H15N3.H2O4S/c1-3-5-9(4-2)6(7)8;1-5(2,3)4/h3-5H2,1-2H3,(H3,7,8);(H2,1,2,3,4). The highest BCUT2D eigenvalue weighted by atomic mass is 32.3. The number of hydrogen-bond donors (Lipinski definition) is 4.